The molecule has 0 heterocycles. The topological polar surface area (TPSA) is 93.0 Å². The maximum absolute atomic E-state index is 12.5. The summed E-state index contributed by atoms with van der Waals surface area (Å²) in [6.45, 7) is 5.74. The monoisotopic (exact) mass is 372 g/mol. The fourth-order valence-electron chi connectivity index (χ4n) is 2.65. The Balaban J connectivity index is 2.34. The molecule has 0 fully saturated rings. The molecule has 6 nitrogen and oxygen atoms in total. The molecule has 0 bridgehead atoms. The van der Waals surface area contributed by atoms with E-state index in [1.54, 1.807) is 25.7 Å². The molecule has 0 saturated heterocycles. The molecule has 27 heavy (non-hydrogen) atoms. The molecule has 1 unspecified atom stereocenters. The van der Waals surface area contributed by atoms with Crippen LogP contribution in [0.1, 0.15) is 31.9 Å². The summed E-state index contributed by atoms with van der Waals surface area (Å²) in [5, 5.41) is 32.5. The minimum absolute atomic E-state index is 0.300. The average molecular weight is 372 g/mol. The zero-order valence-corrected chi connectivity index (χ0v) is 16.0. The van der Waals surface area contributed by atoms with Gasteiger partial charge in [-0.25, -0.2) is 0 Å². The van der Waals surface area contributed by atoms with Crippen LogP contribution in [-0.4, -0.2) is 38.3 Å². The van der Waals surface area contributed by atoms with Crippen LogP contribution in [0.2, 0.25) is 0 Å². The standard InChI is InChI=1S/C21H28N2O4/c1-20(2,3)19(24)22-18(21(25,26)27)23(14-16-10-6-4-7-11-16)15-17-12-8-5-9-13-17/h4-13,18,25-27H,14-15H2,1-3H3,(H,22,24). The first kappa shape index (κ1) is 21.1. The van der Waals surface area contributed by atoms with Crippen LogP contribution in [0.15, 0.2) is 60.7 Å². The molecule has 2 aromatic carbocycles. The van der Waals surface area contributed by atoms with Gasteiger partial charge in [-0.3, -0.25) is 9.69 Å². The predicted octanol–water partition coefficient (Wildman–Crippen LogP) is 1.81. The Hall–Kier alpha value is -2.25. The fourth-order valence-corrected chi connectivity index (χ4v) is 2.65. The molecule has 6 heteroatoms. The lowest BCUT2D eigenvalue weighted by Gasteiger charge is -2.38. The molecule has 1 amide bonds. The molecule has 0 spiro atoms. The van der Waals surface area contributed by atoms with Crippen LogP contribution in [-0.2, 0) is 17.9 Å². The lowest BCUT2D eigenvalue weighted by atomic mass is 9.95. The van der Waals surface area contributed by atoms with Gasteiger partial charge < -0.3 is 20.6 Å². The van der Waals surface area contributed by atoms with Crippen LogP contribution in [0.25, 0.3) is 0 Å². The smallest absolute Gasteiger partial charge is 0.311 e. The van der Waals surface area contributed by atoms with Crippen LogP contribution in [0, 0.1) is 5.41 Å². The number of aliphatic hydroxyl groups is 3. The minimum atomic E-state index is -3.11. The fraction of sp³-hybridized carbons (Fsp3) is 0.381. The Morgan fingerprint density at radius 3 is 1.63 bits per heavy atom. The van der Waals surface area contributed by atoms with Gasteiger partial charge in [0.15, 0.2) is 6.17 Å². The number of nitrogens with one attached hydrogen (secondary N) is 1. The van der Waals surface area contributed by atoms with E-state index in [1.165, 1.54) is 0 Å². The van der Waals surface area contributed by atoms with Gasteiger partial charge in [0.2, 0.25) is 5.91 Å². The first-order valence-electron chi connectivity index (χ1n) is 8.87. The molecule has 2 aromatic rings. The highest BCUT2D eigenvalue weighted by atomic mass is 16.7. The van der Waals surface area contributed by atoms with Crippen LogP contribution < -0.4 is 5.32 Å². The van der Waals surface area contributed by atoms with E-state index in [0.29, 0.717) is 13.1 Å². The van der Waals surface area contributed by atoms with E-state index in [2.05, 4.69) is 5.32 Å². The zero-order chi connectivity index (χ0) is 20.1. The third kappa shape index (κ3) is 6.45. The van der Waals surface area contributed by atoms with Crippen molar-refractivity contribution in [2.75, 3.05) is 0 Å². The maximum atomic E-state index is 12.5. The SMILES string of the molecule is CC(C)(C)C(=O)NC(N(Cc1ccccc1)Cc1ccccc1)C(O)(O)O. The Morgan fingerprint density at radius 1 is 0.889 bits per heavy atom. The van der Waals surface area contributed by atoms with Gasteiger partial charge in [0.25, 0.3) is 0 Å². The number of benzene rings is 2. The lowest BCUT2D eigenvalue weighted by molar-refractivity contribution is -0.347. The third-order valence-corrected chi connectivity index (χ3v) is 4.14. The third-order valence-electron chi connectivity index (χ3n) is 4.14. The highest BCUT2D eigenvalue weighted by Crippen LogP contribution is 2.20. The molecule has 0 radical (unpaired) electrons. The van der Waals surface area contributed by atoms with Crippen molar-refractivity contribution in [3.63, 3.8) is 0 Å². The van der Waals surface area contributed by atoms with Gasteiger partial charge in [0.05, 0.1) is 0 Å². The Labute approximate surface area is 160 Å². The molecule has 4 N–H and O–H groups in total. The Bertz CT molecular complexity index is 680. The Morgan fingerprint density at radius 2 is 1.30 bits per heavy atom. The number of hydrogen-bond acceptors (Lipinski definition) is 5. The van der Waals surface area contributed by atoms with Crippen molar-refractivity contribution < 1.29 is 20.1 Å². The summed E-state index contributed by atoms with van der Waals surface area (Å²) in [7, 11) is 0. The number of carbonyl (C=O) groups is 1. The minimum Gasteiger partial charge on any atom is -0.341 e. The van der Waals surface area contributed by atoms with Gasteiger partial charge in [0.1, 0.15) is 0 Å². The highest BCUT2D eigenvalue weighted by Gasteiger charge is 2.40. The number of hydrogen-bond donors (Lipinski definition) is 4. The van der Waals surface area contributed by atoms with Crippen molar-refractivity contribution in [3.05, 3.63) is 71.8 Å². The van der Waals surface area contributed by atoms with Crippen LogP contribution in [0.3, 0.4) is 0 Å². The van der Waals surface area contributed by atoms with Gasteiger partial charge >= 0.3 is 5.97 Å². The molecular weight excluding hydrogens is 344 g/mol. The van der Waals surface area contributed by atoms with E-state index in [0.717, 1.165) is 11.1 Å². The zero-order valence-electron chi connectivity index (χ0n) is 16.0. The Kier molecular flexibility index (Phi) is 6.73. The summed E-state index contributed by atoms with van der Waals surface area (Å²) < 4.78 is 0. The largest absolute Gasteiger partial charge is 0.341 e. The van der Waals surface area contributed by atoms with Crippen molar-refractivity contribution >= 4 is 5.91 Å². The second kappa shape index (κ2) is 8.63. The highest BCUT2D eigenvalue weighted by molar-refractivity contribution is 5.81. The van der Waals surface area contributed by atoms with Gasteiger partial charge in [-0.15, -0.1) is 0 Å². The van der Waals surface area contributed by atoms with Crippen molar-refractivity contribution in [1.29, 1.82) is 0 Å². The van der Waals surface area contributed by atoms with Gasteiger partial charge in [-0.2, -0.15) is 0 Å². The van der Waals surface area contributed by atoms with Crippen LogP contribution >= 0.6 is 0 Å². The molecule has 0 aliphatic heterocycles. The number of amides is 1. The quantitative estimate of drug-likeness (QED) is 0.556. The molecule has 146 valence electrons. The summed E-state index contributed by atoms with van der Waals surface area (Å²) in [4.78, 5) is 14.1. The summed E-state index contributed by atoms with van der Waals surface area (Å²) in [5.41, 5.74) is 1.06. The van der Waals surface area contributed by atoms with Crippen LogP contribution in [0.5, 0.6) is 0 Å². The van der Waals surface area contributed by atoms with E-state index in [-0.39, 0.29) is 0 Å². The lowest BCUT2D eigenvalue weighted by Crippen LogP contribution is -2.62. The summed E-state index contributed by atoms with van der Waals surface area (Å²) in [6.07, 6.45) is -1.41. The van der Waals surface area contributed by atoms with Gasteiger partial charge in [0, 0.05) is 18.5 Å². The van der Waals surface area contributed by atoms with Gasteiger partial charge in [-0.05, 0) is 11.1 Å². The molecule has 1 atom stereocenters. The summed E-state index contributed by atoms with van der Waals surface area (Å²) >= 11 is 0. The molecule has 0 aliphatic rings. The first-order valence-corrected chi connectivity index (χ1v) is 8.87. The first-order chi connectivity index (χ1) is 12.6. The summed E-state index contributed by atoms with van der Waals surface area (Å²) in [5.74, 6) is -3.51. The van der Waals surface area contributed by atoms with Gasteiger partial charge in [-0.1, -0.05) is 81.4 Å². The molecule has 2 rings (SSSR count). The second-order valence-electron chi connectivity index (χ2n) is 7.69. The summed E-state index contributed by atoms with van der Waals surface area (Å²) in [6, 6.07) is 18.9. The van der Waals surface area contributed by atoms with E-state index >= 15 is 0 Å². The van der Waals surface area contributed by atoms with Crippen molar-refractivity contribution in [2.45, 2.75) is 46.0 Å². The molecular formula is C21H28N2O4. The van der Waals surface area contributed by atoms with Crippen molar-refractivity contribution in [2.24, 2.45) is 5.41 Å². The maximum Gasteiger partial charge on any atom is 0.311 e. The average Bonchev–Trinajstić information content (AvgIpc) is 2.59. The van der Waals surface area contributed by atoms with E-state index in [1.807, 2.05) is 60.7 Å². The van der Waals surface area contributed by atoms with E-state index in [9.17, 15) is 20.1 Å². The second-order valence-corrected chi connectivity index (χ2v) is 7.69. The normalized spacial score (nSPS) is 13.4. The number of rotatable bonds is 7. The number of carbonyl (C=O) groups excluding carboxylic acids is 1. The van der Waals surface area contributed by atoms with E-state index < -0.39 is 23.5 Å². The van der Waals surface area contributed by atoms with Crippen molar-refractivity contribution in [1.82, 2.24) is 10.2 Å². The molecule has 0 aromatic heterocycles. The molecule has 0 aliphatic carbocycles. The van der Waals surface area contributed by atoms with Crippen LogP contribution in [0.4, 0.5) is 0 Å². The predicted molar refractivity (Wildman–Crippen MR) is 103 cm³/mol. The van der Waals surface area contributed by atoms with Crippen molar-refractivity contribution in [3.8, 4) is 0 Å². The van der Waals surface area contributed by atoms with E-state index in [4.69, 9.17) is 0 Å². The number of nitrogens with zero attached hydrogens (tertiary/aromatic N) is 1. The molecule has 0 saturated carbocycles.